The first-order chi connectivity index (χ1) is 35.7. The standard InChI is InChI=1S/C70H44O2/c71-69-65-61-53-41-25-9-1-17-33(41)49(34-18-2-10-26-42(34)53)57(61)58-50-35-19-3-11-27-43(35)54(44-28-12-4-20-36(44)50)62(58)66(65)70(72)68-64-56-47-31-15-7-23-39(47)52(40-24-8-16-32-48(40)56)60(64)59-51-37-21-5-13-29-45(37)55(63(59)67(68)69)46-30-14-6-22-38(46)51/h1-32,49-56,61-62,65-66H/t49?,50?,51?,52?,53?,54?,55?,56?,61-,62-,65-,66+/m0/s1. The fourth-order valence-corrected chi connectivity index (χ4v) is 18.7. The quantitative estimate of drug-likeness (QED) is 0.142. The van der Waals surface area contributed by atoms with Gasteiger partial charge in [0.2, 0.25) is 0 Å². The molecule has 0 radical (unpaired) electrons. The summed E-state index contributed by atoms with van der Waals surface area (Å²) in [6.45, 7) is 0. The first kappa shape index (κ1) is 37.8. The van der Waals surface area contributed by atoms with Crippen LogP contribution in [0.5, 0.6) is 0 Å². The van der Waals surface area contributed by atoms with E-state index in [9.17, 15) is 0 Å². The van der Waals surface area contributed by atoms with Crippen LogP contribution < -0.4 is 0 Å². The third kappa shape index (κ3) is 4.02. The highest BCUT2D eigenvalue weighted by Crippen LogP contribution is 2.74. The molecule has 9 aromatic carbocycles. The molecule has 9 aromatic rings. The van der Waals surface area contributed by atoms with Gasteiger partial charge in [-0.1, -0.05) is 205 Å². The Bertz CT molecular complexity index is 3690. The van der Waals surface area contributed by atoms with Gasteiger partial charge in [0.05, 0.1) is 0 Å². The van der Waals surface area contributed by atoms with Crippen molar-refractivity contribution in [2.24, 2.45) is 23.7 Å². The van der Waals surface area contributed by atoms with Crippen molar-refractivity contribution in [3.63, 3.8) is 0 Å². The molecule has 14 aliphatic carbocycles. The van der Waals surface area contributed by atoms with Crippen LogP contribution in [-0.4, -0.2) is 11.6 Å². The van der Waals surface area contributed by atoms with Crippen LogP contribution in [-0.2, 0) is 0 Å². The molecule has 0 unspecified atom stereocenters. The average molecular weight is 917 g/mol. The third-order valence-corrected chi connectivity index (χ3v) is 20.5. The van der Waals surface area contributed by atoms with E-state index in [0.29, 0.717) is 0 Å². The average Bonchev–Trinajstić information content (AvgIpc) is 3.45. The van der Waals surface area contributed by atoms with E-state index in [4.69, 9.17) is 0 Å². The maximum absolute atomic E-state index is 17.7. The summed E-state index contributed by atoms with van der Waals surface area (Å²) < 4.78 is 0. The predicted octanol–water partition coefficient (Wildman–Crippen LogP) is 14.4. The molecule has 8 bridgehead atoms. The van der Waals surface area contributed by atoms with Gasteiger partial charge in [0, 0.05) is 82.1 Å². The largest absolute Gasteiger partial charge is 0.294 e. The molecule has 72 heavy (non-hydrogen) atoms. The number of carbonyl (C=O) groups excluding carboxylic acids is 2. The number of ketones is 2. The summed E-state index contributed by atoms with van der Waals surface area (Å²) in [5, 5.41) is 0. The van der Waals surface area contributed by atoms with Crippen LogP contribution in [0.15, 0.2) is 205 Å². The van der Waals surface area contributed by atoms with Crippen molar-refractivity contribution in [1.29, 1.82) is 0 Å². The number of allylic oxidation sites excluding steroid dienone is 2. The summed E-state index contributed by atoms with van der Waals surface area (Å²) in [7, 11) is 0. The van der Waals surface area contributed by atoms with E-state index in [2.05, 4.69) is 194 Å². The number of Topliss-reactive ketones (excluding diaryl/α,β-unsaturated/α-hetero) is 2. The number of rotatable bonds is 0. The third-order valence-electron chi connectivity index (χ3n) is 20.5. The fraction of sp³-hybridized carbons (Fsp3) is 0.171. The predicted molar refractivity (Wildman–Crippen MR) is 279 cm³/mol. The van der Waals surface area contributed by atoms with Gasteiger partial charge in [0.1, 0.15) is 0 Å². The fourth-order valence-electron chi connectivity index (χ4n) is 18.7. The number of hydrogen-bond acceptors (Lipinski definition) is 2. The van der Waals surface area contributed by atoms with Crippen LogP contribution in [0.25, 0.3) is 0 Å². The molecule has 0 saturated carbocycles. The highest BCUT2D eigenvalue weighted by Gasteiger charge is 2.67. The second kappa shape index (κ2) is 12.7. The lowest BCUT2D eigenvalue weighted by Crippen LogP contribution is -2.57. The minimum absolute atomic E-state index is 0.00442. The molecule has 0 aliphatic heterocycles. The maximum Gasteiger partial charge on any atom is 0.168 e. The zero-order valence-corrected chi connectivity index (χ0v) is 39.2. The van der Waals surface area contributed by atoms with Gasteiger partial charge in [-0.3, -0.25) is 9.59 Å². The summed E-state index contributed by atoms with van der Waals surface area (Å²) in [6.07, 6.45) is 0. The molecule has 0 saturated heterocycles. The molecule has 4 atom stereocenters. The smallest absolute Gasteiger partial charge is 0.168 e. The van der Waals surface area contributed by atoms with E-state index < -0.39 is 11.8 Å². The zero-order valence-electron chi connectivity index (χ0n) is 39.2. The van der Waals surface area contributed by atoms with Crippen molar-refractivity contribution >= 4 is 11.6 Å². The van der Waals surface area contributed by atoms with E-state index in [-0.39, 0.29) is 70.7 Å². The molecular weight excluding hydrogens is 873 g/mol. The number of hydrogen-bond donors (Lipinski definition) is 0. The Morgan fingerprint density at radius 2 is 0.403 bits per heavy atom. The molecule has 0 N–H and O–H groups in total. The molecule has 2 nitrogen and oxygen atoms in total. The van der Waals surface area contributed by atoms with Crippen molar-refractivity contribution in [3.8, 4) is 0 Å². The van der Waals surface area contributed by atoms with Crippen molar-refractivity contribution in [1.82, 2.24) is 0 Å². The van der Waals surface area contributed by atoms with Crippen LogP contribution in [0.1, 0.15) is 179 Å². The molecular formula is C70H44O2. The van der Waals surface area contributed by atoms with E-state index in [1.54, 1.807) is 0 Å². The Kier molecular flexibility index (Phi) is 6.69. The van der Waals surface area contributed by atoms with Crippen molar-refractivity contribution in [3.05, 3.63) is 328 Å². The van der Waals surface area contributed by atoms with Gasteiger partial charge in [-0.15, -0.1) is 0 Å². The summed E-state index contributed by atoms with van der Waals surface area (Å²) >= 11 is 0. The van der Waals surface area contributed by atoms with Gasteiger partial charge < -0.3 is 0 Å². The first-order valence-electron chi connectivity index (χ1n) is 26.4. The van der Waals surface area contributed by atoms with Gasteiger partial charge in [-0.05, 0) is 111 Å². The van der Waals surface area contributed by atoms with E-state index in [1.807, 2.05) is 0 Å². The van der Waals surface area contributed by atoms with Crippen LogP contribution in [0.3, 0.4) is 0 Å². The lowest BCUT2D eigenvalue weighted by Gasteiger charge is -2.62. The molecule has 0 heterocycles. The summed E-state index contributed by atoms with van der Waals surface area (Å²) in [5.41, 5.74) is 30.6. The van der Waals surface area contributed by atoms with E-state index >= 15 is 9.59 Å². The monoisotopic (exact) mass is 916 g/mol. The Morgan fingerprint density at radius 3 is 0.639 bits per heavy atom. The van der Waals surface area contributed by atoms with Gasteiger partial charge in [-0.2, -0.15) is 0 Å². The van der Waals surface area contributed by atoms with Crippen molar-refractivity contribution in [2.75, 3.05) is 0 Å². The topological polar surface area (TPSA) is 34.1 Å². The minimum atomic E-state index is -0.532. The van der Waals surface area contributed by atoms with Crippen molar-refractivity contribution in [2.45, 2.75) is 47.3 Å². The summed E-state index contributed by atoms with van der Waals surface area (Å²) in [5.74, 6) is -1.51. The van der Waals surface area contributed by atoms with Gasteiger partial charge in [0.25, 0.3) is 0 Å². The lowest BCUT2D eigenvalue weighted by atomic mass is 9.40. The Hall–Kier alpha value is -7.94. The molecule has 23 rings (SSSR count). The second-order valence-corrected chi connectivity index (χ2v) is 22.7. The molecule has 0 aromatic heterocycles. The van der Waals surface area contributed by atoms with Crippen LogP contribution >= 0.6 is 0 Å². The molecule has 0 spiro atoms. The molecule has 336 valence electrons. The lowest BCUT2D eigenvalue weighted by molar-refractivity contribution is 0.0528. The number of carbonyl (C=O) groups is 2. The Labute approximate surface area is 417 Å². The van der Waals surface area contributed by atoms with Crippen LogP contribution in [0, 0.1) is 23.7 Å². The number of fused-ring (bicyclic) bond motifs is 2. The molecule has 2 heteroatoms. The Morgan fingerprint density at radius 1 is 0.208 bits per heavy atom. The Balaban J connectivity index is 0.978. The van der Waals surface area contributed by atoms with Crippen LogP contribution in [0.4, 0.5) is 0 Å². The van der Waals surface area contributed by atoms with Gasteiger partial charge in [-0.25, -0.2) is 0 Å². The van der Waals surface area contributed by atoms with Crippen LogP contribution in [0.2, 0.25) is 0 Å². The van der Waals surface area contributed by atoms with E-state index in [1.165, 1.54) is 111 Å². The van der Waals surface area contributed by atoms with Gasteiger partial charge in [0.15, 0.2) is 11.6 Å². The van der Waals surface area contributed by atoms with E-state index in [0.717, 1.165) is 22.3 Å². The maximum atomic E-state index is 17.7. The SMILES string of the molecule is O=C1c2c(c3c(c4c2C2c5ccccc5C4c4ccccc42)C2c4ccccc4C3c3ccccc32)C(=O)[C@H]2[C@@H]1[C@@H]1C(=C3C4c5ccccc5C(c5ccccc54)[C@@H]32)C2c3ccccc3C1c1ccccc12. The zero-order chi connectivity index (χ0) is 46.6. The van der Waals surface area contributed by atoms with Gasteiger partial charge >= 0.3 is 0 Å². The summed E-state index contributed by atoms with van der Waals surface area (Å²) in [4.78, 5) is 35.4. The normalized spacial score (nSPS) is 29.1. The minimum Gasteiger partial charge on any atom is -0.294 e. The molecule has 0 fully saturated rings. The highest BCUT2D eigenvalue weighted by molar-refractivity contribution is 6.20. The number of benzene rings is 9. The van der Waals surface area contributed by atoms with Crippen molar-refractivity contribution < 1.29 is 9.59 Å². The first-order valence-corrected chi connectivity index (χ1v) is 26.4. The highest BCUT2D eigenvalue weighted by atomic mass is 16.1. The summed E-state index contributed by atoms with van der Waals surface area (Å²) in [6, 6.07) is 72.9. The molecule has 14 aliphatic rings. The second-order valence-electron chi connectivity index (χ2n) is 22.7. The molecule has 0 amide bonds.